The number of fused-ring (bicyclic) bond motifs is 4. The molecule has 7 nitrogen and oxygen atoms in total. The second-order valence-electron chi connectivity index (χ2n) is 12.4. The predicted octanol–water partition coefficient (Wildman–Crippen LogP) is 10.8. The SMILES string of the molecule is [Pt].[c-]1c(/C(=C(/c2ccoc2)c2cocn2)c2[c-]c3c(cc2)c2ccccc2n3-c2ccccn2)cccc1N1[CH-]N(c2ccccc2)c2ccccc21. The third-order valence-corrected chi connectivity index (χ3v) is 9.45. The number of hydrogen-bond acceptors (Lipinski definition) is 6. The van der Waals surface area contributed by atoms with Crippen LogP contribution in [0.2, 0.25) is 0 Å². The average molecular weight is 866 g/mol. The zero-order chi connectivity index (χ0) is 34.4. The molecule has 0 bridgehead atoms. The van der Waals surface area contributed by atoms with Crippen LogP contribution in [0.5, 0.6) is 0 Å². The molecule has 258 valence electrons. The summed E-state index contributed by atoms with van der Waals surface area (Å²) in [7, 11) is 0. The maximum atomic E-state index is 5.66. The quantitative estimate of drug-likeness (QED) is 0.149. The number of benzene rings is 5. The van der Waals surface area contributed by atoms with Crippen molar-refractivity contribution < 1.29 is 29.9 Å². The molecular formula is C45H28N5O2Pt-3. The summed E-state index contributed by atoms with van der Waals surface area (Å²) < 4.78 is 13.4. The first kappa shape index (κ1) is 32.5. The van der Waals surface area contributed by atoms with Gasteiger partial charge >= 0.3 is 0 Å². The topological polar surface area (TPSA) is 63.5 Å². The van der Waals surface area contributed by atoms with E-state index in [1.165, 1.54) is 6.39 Å². The van der Waals surface area contributed by atoms with Crippen LogP contribution in [0.25, 0.3) is 38.8 Å². The van der Waals surface area contributed by atoms with Crippen LogP contribution in [-0.2, 0) is 21.1 Å². The van der Waals surface area contributed by atoms with Crippen molar-refractivity contribution >= 4 is 55.7 Å². The average Bonchev–Trinajstić information content (AvgIpc) is 4.04. The molecule has 0 unspecified atom stereocenters. The molecule has 0 radical (unpaired) electrons. The summed E-state index contributed by atoms with van der Waals surface area (Å²) in [6, 6.07) is 53.3. The summed E-state index contributed by atoms with van der Waals surface area (Å²) in [5, 5.41) is 2.21. The van der Waals surface area contributed by atoms with Crippen LogP contribution in [0.3, 0.4) is 0 Å². The van der Waals surface area contributed by atoms with Crippen molar-refractivity contribution in [3.63, 3.8) is 0 Å². The van der Waals surface area contributed by atoms with Crippen LogP contribution in [0, 0.1) is 18.8 Å². The molecule has 53 heavy (non-hydrogen) atoms. The molecule has 0 N–H and O–H groups in total. The van der Waals surface area contributed by atoms with Gasteiger partial charge in [0.1, 0.15) is 17.8 Å². The van der Waals surface area contributed by atoms with Gasteiger partial charge < -0.3 is 23.2 Å². The summed E-state index contributed by atoms with van der Waals surface area (Å²) in [5.41, 5.74) is 11.0. The van der Waals surface area contributed by atoms with Gasteiger partial charge in [0.2, 0.25) is 0 Å². The van der Waals surface area contributed by atoms with Gasteiger partial charge in [0.25, 0.3) is 0 Å². The summed E-state index contributed by atoms with van der Waals surface area (Å²) in [5.74, 6) is 0.818. The van der Waals surface area contributed by atoms with Gasteiger partial charge in [-0.25, -0.2) is 9.97 Å². The van der Waals surface area contributed by atoms with Gasteiger partial charge in [0.05, 0.1) is 12.5 Å². The Hall–Kier alpha value is -6.43. The summed E-state index contributed by atoms with van der Waals surface area (Å²) in [6.45, 7) is 2.12. The fourth-order valence-electron chi connectivity index (χ4n) is 7.18. The van der Waals surface area contributed by atoms with E-state index in [1.807, 2.05) is 36.5 Å². The van der Waals surface area contributed by atoms with E-state index in [4.69, 9.17) is 13.8 Å². The Balaban J connectivity index is 0.00000372. The molecule has 5 heterocycles. The second-order valence-corrected chi connectivity index (χ2v) is 12.4. The van der Waals surface area contributed by atoms with Gasteiger partial charge in [-0.05, 0) is 65.0 Å². The Morgan fingerprint density at radius 3 is 2.19 bits per heavy atom. The molecular weight excluding hydrogens is 838 g/mol. The van der Waals surface area contributed by atoms with E-state index in [0.29, 0.717) is 5.69 Å². The fraction of sp³-hybridized carbons (Fsp3) is 0. The van der Waals surface area contributed by atoms with Crippen molar-refractivity contribution in [2.75, 3.05) is 9.80 Å². The van der Waals surface area contributed by atoms with Gasteiger partial charge in [-0.2, -0.15) is 0 Å². The summed E-state index contributed by atoms with van der Waals surface area (Å²) in [4.78, 5) is 13.8. The standard InChI is InChI=1S/C45H28N5O2.Pt/c1-2-12-34(13-3-1)48-30-49(41-18-7-6-17-40(41)48)35-14-10-11-31(25-35)44(45(33-22-24-51-27-33)38-28-52-29-47-38)32-20-21-37-36-15-4-5-16-39(36)50(42(37)26-32)43-19-8-9-23-46-43;/h1-24,27-30H;/q-3;/b45-44+;. The normalized spacial score (nSPS) is 12.9. The Morgan fingerprint density at radius 1 is 0.604 bits per heavy atom. The number of furan rings is 1. The van der Waals surface area contributed by atoms with Gasteiger partial charge in [-0.1, -0.05) is 65.7 Å². The van der Waals surface area contributed by atoms with E-state index in [-0.39, 0.29) is 21.1 Å². The number of para-hydroxylation sites is 4. The van der Waals surface area contributed by atoms with Crippen molar-refractivity contribution in [3.05, 3.63) is 206 Å². The zero-order valence-electron chi connectivity index (χ0n) is 28.0. The van der Waals surface area contributed by atoms with E-state index in [1.54, 1.807) is 18.8 Å². The van der Waals surface area contributed by atoms with Gasteiger partial charge in [0, 0.05) is 55.4 Å². The minimum absolute atomic E-state index is 0. The zero-order valence-corrected chi connectivity index (χ0v) is 30.3. The van der Waals surface area contributed by atoms with E-state index in [9.17, 15) is 0 Å². The number of anilines is 4. The van der Waals surface area contributed by atoms with Crippen LogP contribution in [-0.4, -0.2) is 14.5 Å². The van der Waals surface area contributed by atoms with Crippen LogP contribution in [0.4, 0.5) is 22.7 Å². The Labute approximate surface area is 320 Å². The van der Waals surface area contributed by atoms with Gasteiger partial charge in [-0.3, -0.25) is 0 Å². The Morgan fingerprint density at radius 2 is 1.40 bits per heavy atom. The number of hydrogen-bond donors (Lipinski definition) is 0. The number of rotatable bonds is 7. The summed E-state index contributed by atoms with van der Waals surface area (Å²) in [6.07, 6.45) is 8.34. The smallest absolute Gasteiger partial charge is 0.181 e. The molecule has 8 heteroatoms. The number of oxazole rings is 1. The molecule has 0 spiro atoms. The van der Waals surface area contributed by atoms with E-state index < -0.39 is 0 Å². The van der Waals surface area contributed by atoms with Crippen molar-refractivity contribution in [2.45, 2.75) is 0 Å². The van der Waals surface area contributed by atoms with Crippen molar-refractivity contribution in [2.24, 2.45) is 0 Å². The fourth-order valence-corrected chi connectivity index (χ4v) is 7.18. The van der Waals surface area contributed by atoms with E-state index in [0.717, 1.165) is 78.2 Å². The second kappa shape index (κ2) is 13.6. The molecule has 0 amide bonds. The minimum Gasteiger partial charge on any atom is -0.488 e. The van der Waals surface area contributed by atoms with E-state index in [2.05, 4.69) is 141 Å². The molecule has 4 aromatic heterocycles. The molecule has 0 fully saturated rings. The van der Waals surface area contributed by atoms with Crippen LogP contribution < -0.4 is 9.80 Å². The van der Waals surface area contributed by atoms with Crippen LogP contribution >= 0.6 is 0 Å². The maximum absolute atomic E-state index is 5.66. The largest absolute Gasteiger partial charge is 0.488 e. The summed E-state index contributed by atoms with van der Waals surface area (Å²) >= 11 is 0. The molecule has 9 aromatic rings. The van der Waals surface area contributed by atoms with Crippen LogP contribution in [0.15, 0.2) is 174 Å². The maximum Gasteiger partial charge on any atom is 0.181 e. The minimum atomic E-state index is 0. The molecule has 1 aliphatic heterocycles. The van der Waals surface area contributed by atoms with Crippen molar-refractivity contribution in [1.82, 2.24) is 14.5 Å². The molecule has 10 rings (SSSR count). The molecule has 5 aromatic carbocycles. The molecule has 0 aliphatic carbocycles. The predicted molar refractivity (Wildman–Crippen MR) is 204 cm³/mol. The third-order valence-electron chi connectivity index (χ3n) is 9.45. The Bertz CT molecular complexity index is 2690. The molecule has 0 atom stereocenters. The monoisotopic (exact) mass is 865 g/mol. The molecule has 0 saturated carbocycles. The number of aromatic nitrogens is 3. The Kier molecular flexibility index (Phi) is 8.34. The first-order valence-electron chi connectivity index (χ1n) is 16.9. The van der Waals surface area contributed by atoms with Crippen molar-refractivity contribution in [3.8, 4) is 5.82 Å². The van der Waals surface area contributed by atoms with Crippen LogP contribution in [0.1, 0.15) is 22.4 Å². The van der Waals surface area contributed by atoms with Crippen molar-refractivity contribution in [1.29, 1.82) is 0 Å². The van der Waals surface area contributed by atoms with Gasteiger partial charge in [0.15, 0.2) is 6.39 Å². The number of pyridine rings is 1. The number of nitrogens with zero attached hydrogens (tertiary/aromatic N) is 5. The third kappa shape index (κ3) is 5.57. The van der Waals surface area contributed by atoms with Gasteiger partial charge in [-0.15, -0.1) is 65.8 Å². The molecule has 1 aliphatic rings. The molecule has 0 saturated heterocycles. The first-order chi connectivity index (χ1) is 25.8. The van der Waals surface area contributed by atoms with E-state index >= 15 is 0 Å². The first-order valence-corrected chi connectivity index (χ1v) is 16.9.